The van der Waals surface area contributed by atoms with Gasteiger partial charge in [0.2, 0.25) is 0 Å². The molecule has 0 bridgehead atoms. The van der Waals surface area contributed by atoms with Crippen LogP contribution in [0.25, 0.3) is 0 Å². The predicted octanol–water partition coefficient (Wildman–Crippen LogP) is 3.02. The number of hydrogen-bond acceptors (Lipinski definition) is 2. The van der Waals surface area contributed by atoms with Gasteiger partial charge in [0.1, 0.15) is 5.75 Å². The summed E-state index contributed by atoms with van der Waals surface area (Å²) in [5.41, 5.74) is 3.12. The van der Waals surface area contributed by atoms with E-state index in [2.05, 4.69) is 21.0 Å². The summed E-state index contributed by atoms with van der Waals surface area (Å²) in [6, 6.07) is 7.24. The Morgan fingerprint density at radius 3 is 2.69 bits per heavy atom. The van der Waals surface area contributed by atoms with Crippen molar-refractivity contribution in [2.24, 2.45) is 0 Å². The fourth-order valence-corrected chi connectivity index (χ4v) is 1.94. The van der Waals surface area contributed by atoms with Crippen LogP contribution in [0.15, 0.2) is 28.7 Å². The third kappa shape index (κ3) is 2.11. The van der Waals surface area contributed by atoms with Crippen LogP contribution in [0.1, 0.15) is 17.0 Å². The number of benzene rings is 1. The number of hydrogen-bond donors (Lipinski definition) is 1. The number of phenols is 1. The molecule has 0 aliphatic carbocycles. The van der Waals surface area contributed by atoms with E-state index in [1.807, 2.05) is 30.7 Å². The van der Waals surface area contributed by atoms with Gasteiger partial charge in [-0.3, -0.25) is 4.68 Å². The van der Waals surface area contributed by atoms with E-state index in [0.717, 1.165) is 21.4 Å². The summed E-state index contributed by atoms with van der Waals surface area (Å²) in [6.07, 6.45) is 0. The van der Waals surface area contributed by atoms with E-state index < -0.39 is 0 Å². The van der Waals surface area contributed by atoms with Gasteiger partial charge in [-0.2, -0.15) is 5.10 Å². The van der Waals surface area contributed by atoms with Gasteiger partial charge in [0.15, 0.2) is 0 Å². The van der Waals surface area contributed by atoms with Crippen LogP contribution in [0.5, 0.6) is 5.75 Å². The molecule has 0 fully saturated rings. The Hall–Kier alpha value is -1.29. The molecule has 2 aromatic rings. The van der Waals surface area contributed by atoms with E-state index in [-0.39, 0.29) is 5.75 Å². The Morgan fingerprint density at radius 1 is 1.38 bits per heavy atom. The van der Waals surface area contributed by atoms with Crippen molar-refractivity contribution in [3.8, 4) is 5.75 Å². The Morgan fingerprint density at radius 2 is 2.12 bits per heavy atom. The number of rotatable bonds is 2. The number of aromatic nitrogens is 2. The number of aromatic hydroxyl groups is 1. The van der Waals surface area contributed by atoms with Crippen LogP contribution >= 0.6 is 15.9 Å². The molecule has 4 heteroatoms. The molecule has 0 atom stereocenters. The zero-order chi connectivity index (χ0) is 11.7. The van der Waals surface area contributed by atoms with Crippen molar-refractivity contribution in [2.45, 2.75) is 20.4 Å². The molecule has 2 rings (SSSR count). The monoisotopic (exact) mass is 280 g/mol. The summed E-state index contributed by atoms with van der Waals surface area (Å²) in [6.45, 7) is 4.66. The SMILES string of the molecule is Cc1nn(Cc2cccc(O)c2)c(C)c1Br. The van der Waals surface area contributed by atoms with E-state index in [0.29, 0.717) is 6.54 Å². The molecule has 0 aliphatic rings. The smallest absolute Gasteiger partial charge is 0.115 e. The highest BCUT2D eigenvalue weighted by molar-refractivity contribution is 9.10. The molecule has 1 N–H and O–H groups in total. The van der Waals surface area contributed by atoms with Gasteiger partial charge in [-0.15, -0.1) is 0 Å². The van der Waals surface area contributed by atoms with Crippen molar-refractivity contribution < 1.29 is 5.11 Å². The Kier molecular flexibility index (Phi) is 3.01. The molecule has 3 nitrogen and oxygen atoms in total. The molecule has 0 radical (unpaired) electrons. The molecular weight excluding hydrogens is 268 g/mol. The zero-order valence-electron chi connectivity index (χ0n) is 9.24. The second-order valence-electron chi connectivity index (χ2n) is 3.81. The summed E-state index contributed by atoms with van der Waals surface area (Å²) in [5.74, 6) is 0.290. The quantitative estimate of drug-likeness (QED) is 0.918. The van der Waals surface area contributed by atoms with Crippen LogP contribution in [0.4, 0.5) is 0 Å². The van der Waals surface area contributed by atoms with Crippen LogP contribution in [-0.2, 0) is 6.54 Å². The van der Waals surface area contributed by atoms with Gasteiger partial charge < -0.3 is 5.11 Å². The highest BCUT2D eigenvalue weighted by atomic mass is 79.9. The van der Waals surface area contributed by atoms with E-state index >= 15 is 0 Å². The molecule has 1 heterocycles. The number of aryl methyl sites for hydroxylation is 1. The Bertz CT molecular complexity index is 520. The van der Waals surface area contributed by atoms with Crippen molar-refractivity contribution >= 4 is 15.9 Å². The minimum Gasteiger partial charge on any atom is -0.508 e. The van der Waals surface area contributed by atoms with Gasteiger partial charge in [-0.1, -0.05) is 12.1 Å². The first kappa shape index (κ1) is 11.2. The van der Waals surface area contributed by atoms with Crippen molar-refractivity contribution in [2.75, 3.05) is 0 Å². The van der Waals surface area contributed by atoms with Crippen molar-refractivity contribution in [3.63, 3.8) is 0 Å². The van der Waals surface area contributed by atoms with Gasteiger partial charge in [0.25, 0.3) is 0 Å². The molecule has 0 spiro atoms. The van der Waals surface area contributed by atoms with Crippen LogP contribution in [-0.4, -0.2) is 14.9 Å². The molecule has 0 saturated carbocycles. The second kappa shape index (κ2) is 4.29. The van der Waals surface area contributed by atoms with Gasteiger partial charge in [-0.25, -0.2) is 0 Å². The molecule has 1 aromatic heterocycles. The molecular formula is C12H13BrN2O. The van der Waals surface area contributed by atoms with Crippen molar-refractivity contribution in [3.05, 3.63) is 45.7 Å². The fraction of sp³-hybridized carbons (Fsp3) is 0.250. The first-order chi connectivity index (χ1) is 7.58. The maximum Gasteiger partial charge on any atom is 0.115 e. The third-order valence-corrected chi connectivity index (χ3v) is 3.68. The lowest BCUT2D eigenvalue weighted by atomic mass is 10.2. The lowest BCUT2D eigenvalue weighted by Crippen LogP contribution is -2.03. The minimum absolute atomic E-state index is 0.290. The van der Waals surface area contributed by atoms with Crippen LogP contribution in [0.2, 0.25) is 0 Å². The van der Waals surface area contributed by atoms with Gasteiger partial charge in [-0.05, 0) is 47.5 Å². The van der Waals surface area contributed by atoms with E-state index in [1.54, 1.807) is 12.1 Å². The first-order valence-corrected chi connectivity index (χ1v) is 5.84. The third-order valence-electron chi connectivity index (χ3n) is 2.54. The predicted molar refractivity (Wildman–Crippen MR) is 66.6 cm³/mol. The lowest BCUT2D eigenvalue weighted by Gasteiger charge is -2.05. The largest absolute Gasteiger partial charge is 0.508 e. The second-order valence-corrected chi connectivity index (χ2v) is 4.61. The molecule has 0 amide bonds. The maximum atomic E-state index is 9.38. The summed E-state index contributed by atoms with van der Waals surface area (Å²) in [5, 5.41) is 13.8. The number of halogens is 1. The standard InChI is InChI=1S/C12H13BrN2O/c1-8-12(13)9(2)15(14-8)7-10-4-3-5-11(16)6-10/h3-6,16H,7H2,1-2H3. The first-order valence-electron chi connectivity index (χ1n) is 5.05. The summed E-state index contributed by atoms with van der Waals surface area (Å²) in [7, 11) is 0. The highest BCUT2D eigenvalue weighted by Crippen LogP contribution is 2.21. The highest BCUT2D eigenvalue weighted by Gasteiger charge is 2.08. The maximum absolute atomic E-state index is 9.38. The van der Waals surface area contributed by atoms with Gasteiger partial charge in [0.05, 0.1) is 22.4 Å². The average molecular weight is 281 g/mol. The van der Waals surface area contributed by atoms with Crippen LogP contribution in [0.3, 0.4) is 0 Å². The Labute approximate surface area is 103 Å². The molecule has 1 aromatic carbocycles. The number of phenolic OH excluding ortho intramolecular Hbond substituents is 1. The molecule has 0 aliphatic heterocycles. The normalized spacial score (nSPS) is 10.7. The average Bonchev–Trinajstić information content (AvgIpc) is 2.47. The van der Waals surface area contributed by atoms with E-state index in [1.165, 1.54) is 0 Å². The topological polar surface area (TPSA) is 38.0 Å². The zero-order valence-corrected chi connectivity index (χ0v) is 10.8. The van der Waals surface area contributed by atoms with E-state index in [4.69, 9.17) is 0 Å². The van der Waals surface area contributed by atoms with Crippen LogP contribution in [0, 0.1) is 13.8 Å². The fourth-order valence-electron chi connectivity index (χ4n) is 1.66. The van der Waals surface area contributed by atoms with Gasteiger partial charge in [0, 0.05) is 0 Å². The van der Waals surface area contributed by atoms with Crippen LogP contribution < -0.4 is 0 Å². The Balaban J connectivity index is 2.30. The van der Waals surface area contributed by atoms with E-state index in [9.17, 15) is 5.11 Å². The molecule has 84 valence electrons. The summed E-state index contributed by atoms with van der Waals surface area (Å²) < 4.78 is 2.97. The minimum atomic E-state index is 0.290. The van der Waals surface area contributed by atoms with Crippen molar-refractivity contribution in [1.82, 2.24) is 9.78 Å². The summed E-state index contributed by atoms with van der Waals surface area (Å²) >= 11 is 3.50. The lowest BCUT2D eigenvalue weighted by molar-refractivity contribution is 0.474. The molecule has 16 heavy (non-hydrogen) atoms. The van der Waals surface area contributed by atoms with Crippen molar-refractivity contribution in [1.29, 1.82) is 0 Å². The molecule has 0 unspecified atom stereocenters. The molecule has 0 saturated heterocycles. The van der Waals surface area contributed by atoms with Gasteiger partial charge >= 0.3 is 0 Å². The summed E-state index contributed by atoms with van der Waals surface area (Å²) in [4.78, 5) is 0. The number of nitrogens with zero attached hydrogens (tertiary/aromatic N) is 2.